The molecule has 6 N–H and O–H groups in total. The van der Waals surface area contributed by atoms with Crippen molar-refractivity contribution in [3.05, 3.63) is 23.0 Å². The molecule has 3 heterocycles. The van der Waals surface area contributed by atoms with E-state index in [4.69, 9.17) is 28.4 Å². The quantitative estimate of drug-likeness (QED) is 0.0991. The first kappa shape index (κ1) is 36.8. The Morgan fingerprint density at radius 1 is 1.04 bits per heavy atom. The fourth-order valence-corrected chi connectivity index (χ4v) is 9.80. The number of ketones is 1. The molecule has 278 valence electrons. The summed E-state index contributed by atoms with van der Waals surface area (Å²) in [6, 6.07) is 0. The van der Waals surface area contributed by atoms with Crippen LogP contribution in [0.2, 0.25) is 0 Å². The molecule has 2 saturated carbocycles. The summed E-state index contributed by atoms with van der Waals surface area (Å²) in [5.41, 5.74) is -3.97. The lowest BCUT2D eigenvalue weighted by Crippen LogP contribution is -2.79. The molecule has 3 aliphatic carbocycles. The van der Waals surface area contributed by atoms with Gasteiger partial charge in [-0.1, -0.05) is 26.3 Å². The summed E-state index contributed by atoms with van der Waals surface area (Å²) in [4.78, 5) is 54.6. The number of ether oxygens (including phenoxy) is 6. The molecule has 5 fully saturated rings. The van der Waals surface area contributed by atoms with Crippen molar-refractivity contribution in [2.24, 2.45) is 34.5 Å². The van der Waals surface area contributed by atoms with E-state index in [0.717, 1.165) is 7.11 Å². The van der Waals surface area contributed by atoms with Gasteiger partial charge in [-0.15, -0.1) is 0 Å². The molecule has 0 aromatic rings. The molecule has 16 nitrogen and oxygen atoms in total. The van der Waals surface area contributed by atoms with Crippen LogP contribution in [-0.4, -0.2) is 135 Å². The van der Waals surface area contributed by atoms with E-state index in [0.29, 0.717) is 11.1 Å². The number of hydrogen-bond acceptors (Lipinski definition) is 16. The fraction of sp³-hybridized carbons (Fsp3) is 0.765. The molecule has 16 heteroatoms. The molecule has 3 saturated heterocycles. The highest BCUT2D eigenvalue weighted by Gasteiger charge is 2.85. The van der Waals surface area contributed by atoms with Gasteiger partial charge in [0, 0.05) is 23.8 Å². The summed E-state index contributed by atoms with van der Waals surface area (Å²) in [5, 5.41) is 64.6. The molecule has 0 aromatic carbocycles. The van der Waals surface area contributed by atoms with E-state index in [1.54, 1.807) is 20.8 Å². The molecule has 5 unspecified atom stereocenters. The van der Waals surface area contributed by atoms with Gasteiger partial charge in [0.1, 0.15) is 36.6 Å². The standard InChI is InChI=1S/C34H46O16/c1-12(2)13(3)7-19(37)49-25-27-33-11-46-34(27,31(44)45-6)28(42)23(41)26(33)32(5)9-16(36)24(14(4)15(32)8-18(33)48-29(25)43)50-30-22(40)21(39)20(38)17(10-35)47-30/h7,12,15,17-18,20-23,25-28,30,35,38-42H,8-11H2,1-6H3/b13-7+/t15?,17-,18-,20-,21+,22-,23?,25-,26?,27-,28?,30+,32+,33?,34+/m1/s1. The lowest BCUT2D eigenvalue weighted by atomic mass is 9.38. The zero-order valence-electron chi connectivity index (χ0n) is 28.7. The van der Waals surface area contributed by atoms with Crippen molar-refractivity contribution in [3.63, 3.8) is 0 Å². The lowest BCUT2D eigenvalue weighted by molar-refractivity contribution is -0.296. The number of allylic oxidation sites excluding steroid dienone is 3. The van der Waals surface area contributed by atoms with Gasteiger partial charge in [0.2, 0.25) is 18.0 Å². The average molecular weight is 711 g/mol. The fourth-order valence-electron chi connectivity index (χ4n) is 9.80. The maximum Gasteiger partial charge on any atom is 0.348 e. The Morgan fingerprint density at radius 3 is 2.34 bits per heavy atom. The van der Waals surface area contributed by atoms with Crippen molar-refractivity contribution in [2.75, 3.05) is 20.3 Å². The zero-order chi connectivity index (χ0) is 36.8. The Kier molecular flexibility index (Phi) is 9.29. The van der Waals surface area contributed by atoms with Crippen LogP contribution in [0, 0.1) is 34.5 Å². The molecule has 6 aliphatic rings. The van der Waals surface area contributed by atoms with Crippen LogP contribution in [0.4, 0.5) is 0 Å². The highest BCUT2D eigenvalue weighted by atomic mass is 16.7. The Labute approximate surface area is 287 Å². The SMILES string of the molecule is COC(=O)[C@@]12OCC34C(C(O)C1O)[C@@]1(C)CC(=O)C(O[C@@H]5O[C@H](CO)[C@@H](O)[C@H](O)[C@H]5O)=C(C)C1C[C@H]3OC(=O)[C@H](OC(=O)/C=C(\C)C(C)C)[C@H]42. The molecular weight excluding hydrogens is 664 g/mol. The van der Waals surface area contributed by atoms with Crippen molar-refractivity contribution in [1.82, 2.24) is 0 Å². The summed E-state index contributed by atoms with van der Waals surface area (Å²) in [7, 11) is 1.06. The van der Waals surface area contributed by atoms with Crippen molar-refractivity contribution >= 4 is 23.7 Å². The number of hydrogen-bond donors (Lipinski definition) is 6. The molecule has 2 bridgehead atoms. The maximum absolute atomic E-state index is 14.0. The molecule has 15 atom stereocenters. The third-order valence-electron chi connectivity index (χ3n) is 12.4. The Hall–Kier alpha value is -2.96. The largest absolute Gasteiger partial charge is 0.467 e. The monoisotopic (exact) mass is 710 g/mol. The summed E-state index contributed by atoms with van der Waals surface area (Å²) < 4.78 is 34.3. The lowest BCUT2D eigenvalue weighted by Gasteiger charge is -2.67. The van der Waals surface area contributed by atoms with Gasteiger partial charge < -0.3 is 59.1 Å². The van der Waals surface area contributed by atoms with Crippen LogP contribution >= 0.6 is 0 Å². The first-order valence-electron chi connectivity index (χ1n) is 16.8. The van der Waals surface area contributed by atoms with Crippen LogP contribution in [0.5, 0.6) is 0 Å². The van der Waals surface area contributed by atoms with Crippen LogP contribution in [-0.2, 0) is 47.6 Å². The van der Waals surface area contributed by atoms with Gasteiger partial charge in [-0.05, 0) is 43.1 Å². The summed E-state index contributed by atoms with van der Waals surface area (Å²) in [6.07, 6.45) is -13.7. The average Bonchev–Trinajstić information content (AvgIpc) is 3.37. The second-order valence-electron chi connectivity index (χ2n) is 15.1. The smallest absolute Gasteiger partial charge is 0.348 e. The normalized spacial score (nSPS) is 46.9. The first-order chi connectivity index (χ1) is 23.4. The third kappa shape index (κ3) is 4.94. The van der Waals surface area contributed by atoms with E-state index in [-0.39, 0.29) is 31.1 Å². The molecular formula is C34H46O16. The van der Waals surface area contributed by atoms with Gasteiger partial charge in [-0.25, -0.2) is 14.4 Å². The minimum atomic E-state index is -2.33. The zero-order valence-corrected chi connectivity index (χ0v) is 28.7. The molecule has 0 amide bonds. The van der Waals surface area contributed by atoms with E-state index in [2.05, 4.69) is 0 Å². The number of rotatable bonds is 7. The second-order valence-corrected chi connectivity index (χ2v) is 15.1. The highest BCUT2D eigenvalue weighted by molar-refractivity contribution is 5.96. The van der Waals surface area contributed by atoms with E-state index < -0.39 is 120 Å². The number of aliphatic hydroxyl groups is 6. The predicted molar refractivity (Wildman–Crippen MR) is 164 cm³/mol. The van der Waals surface area contributed by atoms with Crippen LogP contribution in [0.15, 0.2) is 23.0 Å². The Bertz CT molecular complexity index is 1500. The van der Waals surface area contributed by atoms with Crippen molar-refractivity contribution in [1.29, 1.82) is 0 Å². The highest BCUT2D eigenvalue weighted by Crippen LogP contribution is 2.73. The molecule has 0 radical (unpaired) electrons. The minimum absolute atomic E-state index is 0.0225. The van der Waals surface area contributed by atoms with Gasteiger partial charge in [-0.3, -0.25) is 4.79 Å². The number of carbonyl (C=O) groups is 4. The number of carbonyl (C=O) groups excluding carboxylic acids is 4. The van der Waals surface area contributed by atoms with E-state index in [1.165, 1.54) is 6.08 Å². The van der Waals surface area contributed by atoms with Crippen molar-refractivity contribution in [2.45, 2.75) is 108 Å². The predicted octanol–water partition coefficient (Wildman–Crippen LogP) is -1.59. The third-order valence-corrected chi connectivity index (χ3v) is 12.4. The molecule has 3 aliphatic heterocycles. The number of methoxy groups -OCH3 is 1. The van der Waals surface area contributed by atoms with Gasteiger partial charge in [0.15, 0.2) is 11.5 Å². The molecule has 50 heavy (non-hydrogen) atoms. The first-order valence-corrected chi connectivity index (χ1v) is 16.8. The van der Waals surface area contributed by atoms with Gasteiger partial charge in [-0.2, -0.15) is 0 Å². The number of esters is 3. The molecule has 0 aromatic heterocycles. The van der Waals surface area contributed by atoms with Crippen molar-refractivity contribution in [3.8, 4) is 0 Å². The van der Waals surface area contributed by atoms with Crippen molar-refractivity contribution < 1.29 is 78.2 Å². The number of Topliss-reactive ketones (excluding diaryl/α,β-unsaturated/α-hetero) is 1. The number of aliphatic hydroxyl groups excluding tert-OH is 6. The Balaban J connectivity index is 1.44. The van der Waals surface area contributed by atoms with E-state index in [1.807, 2.05) is 13.8 Å². The van der Waals surface area contributed by atoms with Crippen LogP contribution < -0.4 is 0 Å². The molecule has 6 rings (SSSR count). The summed E-state index contributed by atoms with van der Waals surface area (Å²) in [5.74, 6) is -6.90. The number of fused-ring (bicyclic) bond motifs is 2. The van der Waals surface area contributed by atoms with Crippen LogP contribution in [0.1, 0.15) is 47.5 Å². The van der Waals surface area contributed by atoms with Gasteiger partial charge in [0.25, 0.3) is 0 Å². The second kappa shape index (κ2) is 12.6. The van der Waals surface area contributed by atoms with E-state index in [9.17, 15) is 49.8 Å². The molecule has 1 spiro atoms. The van der Waals surface area contributed by atoms with E-state index >= 15 is 0 Å². The van der Waals surface area contributed by atoms with Crippen LogP contribution in [0.3, 0.4) is 0 Å². The minimum Gasteiger partial charge on any atom is -0.467 e. The summed E-state index contributed by atoms with van der Waals surface area (Å²) in [6.45, 7) is 7.74. The van der Waals surface area contributed by atoms with Crippen LogP contribution in [0.25, 0.3) is 0 Å². The van der Waals surface area contributed by atoms with Gasteiger partial charge >= 0.3 is 17.9 Å². The van der Waals surface area contributed by atoms with Gasteiger partial charge in [0.05, 0.1) is 32.3 Å². The maximum atomic E-state index is 14.0. The topological polar surface area (TPSA) is 245 Å². The summed E-state index contributed by atoms with van der Waals surface area (Å²) >= 11 is 0. The Morgan fingerprint density at radius 2 is 1.72 bits per heavy atom.